The van der Waals surface area contributed by atoms with Crippen LogP contribution in [0.15, 0.2) is 34.9 Å². The SMILES string of the molecule is CC(N)CNC(=O)c1coc2ccccc12. The number of carbonyl (C=O) groups excluding carboxylic acids is 1. The Morgan fingerprint density at radius 2 is 2.25 bits per heavy atom. The zero-order chi connectivity index (χ0) is 11.5. The Hall–Kier alpha value is -1.81. The number of rotatable bonds is 3. The molecule has 1 heterocycles. The van der Waals surface area contributed by atoms with Crippen LogP contribution in [-0.4, -0.2) is 18.5 Å². The normalized spacial score (nSPS) is 12.6. The molecule has 4 heteroatoms. The second-order valence-corrected chi connectivity index (χ2v) is 3.83. The van der Waals surface area contributed by atoms with E-state index in [9.17, 15) is 4.79 Å². The van der Waals surface area contributed by atoms with E-state index in [1.807, 2.05) is 31.2 Å². The Kier molecular flexibility index (Phi) is 2.92. The summed E-state index contributed by atoms with van der Waals surface area (Å²) >= 11 is 0. The molecule has 0 saturated carbocycles. The van der Waals surface area contributed by atoms with E-state index in [2.05, 4.69) is 5.32 Å². The predicted molar refractivity (Wildman–Crippen MR) is 62.2 cm³/mol. The predicted octanol–water partition coefficient (Wildman–Crippen LogP) is 1.51. The molecule has 3 N–H and O–H groups in total. The molecule has 1 atom stereocenters. The molecule has 1 amide bonds. The van der Waals surface area contributed by atoms with E-state index in [1.54, 1.807) is 0 Å². The van der Waals surface area contributed by atoms with E-state index >= 15 is 0 Å². The zero-order valence-electron chi connectivity index (χ0n) is 9.07. The van der Waals surface area contributed by atoms with Crippen molar-refractivity contribution in [3.63, 3.8) is 0 Å². The molecule has 0 aliphatic rings. The van der Waals surface area contributed by atoms with E-state index in [1.165, 1.54) is 6.26 Å². The molecule has 0 spiro atoms. The Bertz CT molecular complexity index is 502. The highest BCUT2D eigenvalue weighted by Crippen LogP contribution is 2.20. The summed E-state index contributed by atoms with van der Waals surface area (Å²) in [5, 5.41) is 3.58. The van der Waals surface area contributed by atoms with Gasteiger partial charge < -0.3 is 15.5 Å². The average Bonchev–Trinajstić information content (AvgIpc) is 2.69. The molecule has 0 bridgehead atoms. The van der Waals surface area contributed by atoms with Crippen LogP contribution in [0.25, 0.3) is 11.0 Å². The van der Waals surface area contributed by atoms with Gasteiger partial charge in [-0.1, -0.05) is 18.2 Å². The van der Waals surface area contributed by atoms with E-state index in [0.29, 0.717) is 17.7 Å². The number of benzene rings is 1. The molecule has 1 aromatic heterocycles. The van der Waals surface area contributed by atoms with Crippen molar-refractivity contribution in [2.24, 2.45) is 5.73 Å². The molecule has 0 aliphatic heterocycles. The Balaban J connectivity index is 2.23. The van der Waals surface area contributed by atoms with Crippen molar-refractivity contribution in [3.05, 3.63) is 36.1 Å². The van der Waals surface area contributed by atoms with Gasteiger partial charge in [0.1, 0.15) is 11.8 Å². The number of fused-ring (bicyclic) bond motifs is 1. The topological polar surface area (TPSA) is 68.3 Å². The van der Waals surface area contributed by atoms with Crippen LogP contribution in [0.1, 0.15) is 17.3 Å². The summed E-state index contributed by atoms with van der Waals surface area (Å²) in [5.74, 6) is -0.151. The Morgan fingerprint density at radius 1 is 1.50 bits per heavy atom. The summed E-state index contributed by atoms with van der Waals surface area (Å²) < 4.78 is 5.28. The van der Waals surface area contributed by atoms with Gasteiger partial charge in [0.25, 0.3) is 5.91 Å². The van der Waals surface area contributed by atoms with Crippen LogP contribution in [0.2, 0.25) is 0 Å². The minimum Gasteiger partial charge on any atom is -0.463 e. The summed E-state index contributed by atoms with van der Waals surface area (Å²) in [6, 6.07) is 7.38. The second kappa shape index (κ2) is 4.37. The number of carbonyl (C=O) groups is 1. The highest BCUT2D eigenvalue weighted by Gasteiger charge is 2.12. The molecule has 1 aromatic carbocycles. The Morgan fingerprint density at radius 3 is 3.00 bits per heavy atom. The van der Waals surface area contributed by atoms with Gasteiger partial charge in [-0.05, 0) is 13.0 Å². The number of hydrogen-bond donors (Lipinski definition) is 2. The van der Waals surface area contributed by atoms with Crippen LogP contribution in [0, 0.1) is 0 Å². The first-order valence-electron chi connectivity index (χ1n) is 5.18. The molecule has 0 aliphatic carbocycles. The fraction of sp³-hybridized carbons (Fsp3) is 0.250. The molecule has 0 fully saturated rings. The van der Waals surface area contributed by atoms with E-state index < -0.39 is 0 Å². The van der Waals surface area contributed by atoms with Crippen molar-refractivity contribution in [2.45, 2.75) is 13.0 Å². The average molecular weight is 218 g/mol. The lowest BCUT2D eigenvalue weighted by Gasteiger charge is -2.06. The van der Waals surface area contributed by atoms with Crippen LogP contribution in [-0.2, 0) is 0 Å². The van der Waals surface area contributed by atoms with Crippen molar-refractivity contribution in [1.29, 1.82) is 0 Å². The number of nitrogens with two attached hydrogens (primary N) is 1. The zero-order valence-corrected chi connectivity index (χ0v) is 9.07. The van der Waals surface area contributed by atoms with Crippen LogP contribution in [0.4, 0.5) is 0 Å². The van der Waals surface area contributed by atoms with Crippen LogP contribution >= 0.6 is 0 Å². The van der Waals surface area contributed by atoms with Gasteiger partial charge in [0.15, 0.2) is 0 Å². The van der Waals surface area contributed by atoms with E-state index in [0.717, 1.165) is 5.39 Å². The molecule has 84 valence electrons. The van der Waals surface area contributed by atoms with Gasteiger partial charge in [0.05, 0.1) is 5.56 Å². The monoisotopic (exact) mass is 218 g/mol. The van der Waals surface area contributed by atoms with Gasteiger partial charge in [-0.3, -0.25) is 4.79 Å². The van der Waals surface area contributed by atoms with E-state index in [-0.39, 0.29) is 11.9 Å². The third kappa shape index (κ3) is 2.06. The fourth-order valence-electron chi connectivity index (χ4n) is 1.50. The molecule has 0 saturated heterocycles. The molecule has 4 nitrogen and oxygen atoms in total. The van der Waals surface area contributed by atoms with Crippen LogP contribution in [0.3, 0.4) is 0 Å². The number of nitrogens with one attached hydrogen (secondary N) is 1. The van der Waals surface area contributed by atoms with Gasteiger partial charge in [0, 0.05) is 18.0 Å². The maximum absolute atomic E-state index is 11.8. The van der Waals surface area contributed by atoms with Gasteiger partial charge in [-0.15, -0.1) is 0 Å². The lowest BCUT2D eigenvalue weighted by atomic mass is 10.1. The largest absolute Gasteiger partial charge is 0.463 e. The molecule has 1 unspecified atom stereocenters. The number of para-hydroxylation sites is 1. The van der Waals surface area contributed by atoms with Crippen molar-refractivity contribution >= 4 is 16.9 Å². The summed E-state index contributed by atoms with van der Waals surface area (Å²) in [4.78, 5) is 11.8. The third-order valence-corrected chi connectivity index (χ3v) is 2.31. The summed E-state index contributed by atoms with van der Waals surface area (Å²) in [6.07, 6.45) is 1.47. The summed E-state index contributed by atoms with van der Waals surface area (Å²) in [7, 11) is 0. The highest BCUT2D eigenvalue weighted by molar-refractivity contribution is 6.05. The number of hydrogen-bond acceptors (Lipinski definition) is 3. The van der Waals surface area contributed by atoms with Crippen molar-refractivity contribution in [1.82, 2.24) is 5.32 Å². The van der Waals surface area contributed by atoms with E-state index in [4.69, 9.17) is 10.2 Å². The smallest absolute Gasteiger partial charge is 0.255 e. The van der Waals surface area contributed by atoms with Gasteiger partial charge in [-0.2, -0.15) is 0 Å². The molecule has 0 radical (unpaired) electrons. The third-order valence-electron chi connectivity index (χ3n) is 2.31. The maximum atomic E-state index is 11.8. The molecule has 2 aromatic rings. The summed E-state index contributed by atoms with van der Waals surface area (Å²) in [5.41, 5.74) is 6.84. The van der Waals surface area contributed by atoms with Crippen molar-refractivity contribution in [2.75, 3.05) is 6.54 Å². The lowest BCUT2D eigenvalue weighted by molar-refractivity contribution is 0.0952. The van der Waals surface area contributed by atoms with Crippen LogP contribution in [0.5, 0.6) is 0 Å². The minimum atomic E-state index is -0.151. The molecule has 2 rings (SSSR count). The fourth-order valence-corrected chi connectivity index (χ4v) is 1.50. The van der Waals surface area contributed by atoms with Crippen molar-refractivity contribution in [3.8, 4) is 0 Å². The first kappa shape index (κ1) is 10.7. The number of amides is 1. The number of furan rings is 1. The second-order valence-electron chi connectivity index (χ2n) is 3.83. The van der Waals surface area contributed by atoms with Crippen molar-refractivity contribution < 1.29 is 9.21 Å². The lowest BCUT2D eigenvalue weighted by Crippen LogP contribution is -2.35. The molecule has 16 heavy (non-hydrogen) atoms. The summed E-state index contributed by atoms with van der Waals surface area (Å²) in [6.45, 7) is 2.30. The first-order valence-corrected chi connectivity index (χ1v) is 5.18. The van der Waals surface area contributed by atoms with Crippen LogP contribution < -0.4 is 11.1 Å². The Labute approximate surface area is 93.4 Å². The van der Waals surface area contributed by atoms with Gasteiger partial charge >= 0.3 is 0 Å². The minimum absolute atomic E-state index is 0.0536. The van der Waals surface area contributed by atoms with Gasteiger partial charge in [-0.25, -0.2) is 0 Å². The van der Waals surface area contributed by atoms with Gasteiger partial charge in [0.2, 0.25) is 0 Å². The first-order chi connectivity index (χ1) is 7.68. The molecular weight excluding hydrogens is 204 g/mol. The standard InChI is InChI=1S/C12H14N2O2/c1-8(13)6-14-12(15)10-7-16-11-5-3-2-4-9(10)11/h2-5,7-8H,6,13H2,1H3,(H,14,15). The quantitative estimate of drug-likeness (QED) is 0.820. The highest BCUT2D eigenvalue weighted by atomic mass is 16.3. The maximum Gasteiger partial charge on any atom is 0.255 e. The molecular formula is C12H14N2O2.